The van der Waals surface area contributed by atoms with Crippen molar-refractivity contribution in [1.82, 2.24) is 5.16 Å². The van der Waals surface area contributed by atoms with Crippen molar-refractivity contribution in [1.29, 1.82) is 0 Å². The number of halogens is 1. The number of nitrogens with one attached hydrogen (secondary N) is 2. The number of aromatic nitrogens is 1. The zero-order chi connectivity index (χ0) is 18.0. The minimum atomic E-state index is -3.94. The first-order valence-corrected chi connectivity index (χ1v) is 9.65. The molecule has 0 bridgehead atoms. The molecule has 0 aliphatic carbocycles. The van der Waals surface area contributed by atoms with Crippen molar-refractivity contribution < 1.29 is 17.7 Å². The molecular formula is C15H12ClN3O4S2. The van der Waals surface area contributed by atoms with Gasteiger partial charge >= 0.3 is 0 Å². The van der Waals surface area contributed by atoms with E-state index in [1.165, 1.54) is 12.1 Å². The minimum absolute atomic E-state index is 0.0455. The third-order valence-corrected chi connectivity index (χ3v) is 6.47. The predicted molar refractivity (Wildman–Crippen MR) is 95.8 cm³/mol. The van der Waals surface area contributed by atoms with Crippen LogP contribution in [0.3, 0.4) is 0 Å². The van der Waals surface area contributed by atoms with Crippen LogP contribution in [0.25, 0.3) is 0 Å². The first kappa shape index (κ1) is 17.5. The maximum atomic E-state index is 12.4. The first-order valence-electron chi connectivity index (χ1n) is 6.97. The van der Waals surface area contributed by atoms with Crippen molar-refractivity contribution in [2.24, 2.45) is 0 Å². The largest absolute Gasteiger partial charge is 0.336 e. The third-order valence-electron chi connectivity index (χ3n) is 3.12. The van der Waals surface area contributed by atoms with Gasteiger partial charge in [0.15, 0.2) is 0 Å². The van der Waals surface area contributed by atoms with E-state index in [0.717, 1.165) is 11.3 Å². The van der Waals surface area contributed by atoms with Crippen molar-refractivity contribution in [3.63, 3.8) is 0 Å². The van der Waals surface area contributed by atoms with E-state index in [9.17, 15) is 13.2 Å². The summed E-state index contributed by atoms with van der Waals surface area (Å²) in [5.41, 5.74) is 0.987. The van der Waals surface area contributed by atoms with Crippen LogP contribution in [-0.2, 0) is 10.0 Å². The number of amides is 1. The fraction of sp³-hybridized carbons (Fsp3) is 0.0667. The maximum Gasteiger partial charge on any atom is 0.273 e. The minimum Gasteiger partial charge on any atom is -0.336 e. The Kier molecular flexibility index (Phi) is 4.80. The molecular weight excluding hydrogens is 386 g/mol. The fourth-order valence-corrected chi connectivity index (χ4v) is 4.26. The van der Waals surface area contributed by atoms with E-state index in [-0.39, 0.29) is 20.0 Å². The van der Waals surface area contributed by atoms with Crippen molar-refractivity contribution in [2.45, 2.75) is 11.1 Å². The topological polar surface area (TPSA) is 101 Å². The monoisotopic (exact) mass is 397 g/mol. The Balaban J connectivity index is 1.78. The van der Waals surface area contributed by atoms with E-state index in [1.807, 2.05) is 6.07 Å². The maximum absolute atomic E-state index is 12.4. The second-order valence-electron chi connectivity index (χ2n) is 4.96. The molecule has 7 nitrogen and oxygen atoms in total. The molecule has 0 aliphatic rings. The van der Waals surface area contributed by atoms with Crippen molar-refractivity contribution in [3.8, 4) is 0 Å². The number of aryl methyl sites for hydroxylation is 1. The molecule has 3 aromatic rings. The highest BCUT2D eigenvalue weighted by molar-refractivity contribution is 7.94. The highest BCUT2D eigenvalue weighted by Crippen LogP contribution is 2.29. The van der Waals surface area contributed by atoms with E-state index in [0.29, 0.717) is 11.4 Å². The van der Waals surface area contributed by atoms with E-state index in [2.05, 4.69) is 15.2 Å². The first-order chi connectivity index (χ1) is 11.9. The van der Waals surface area contributed by atoms with Gasteiger partial charge in [0.05, 0.1) is 4.88 Å². The molecule has 0 saturated heterocycles. The second kappa shape index (κ2) is 6.87. The van der Waals surface area contributed by atoms with Gasteiger partial charge in [-0.1, -0.05) is 35.0 Å². The molecule has 3 rings (SSSR count). The predicted octanol–water partition coefficient (Wildman–Crippen LogP) is 3.75. The van der Waals surface area contributed by atoms with Gasteiger partial charge in [0.1, 0.15) is 14.9 Å². The molecule has 130 valence electrons. The SMILES string of the molecule is Cc1noc(NS(=O)(=O)c2ccc(C(=O)Nc3ccccc3)s2)c1Cl. The number of para-hydroxylation sites is 1. The standard InChI is InChI=1S/C15H12ClN3O4S2/c1-9-13(16)15(23-18-9)19-25(21,22)12-8-7-11(24-12)14(20)17-10-5-3-2-4-6-10/h2-8,19H,1H3,(H,17,20). The van der Waals surface area contributed by atoms with Crippen LogP contribution < -0.4 is 10.0 Å². The second-order valence-corrected chi connectivity index (χ2v) is 8.33. The van der Waals surface area contributed by atoms with Gasteiger partial charge in [-0.2, -0.15) is 0 Å². The van der Waals surface area contributed by atoms with Gasteiger partial charge in [0.2, 0.25) is 0 Å². The summed E-state index contributed by atoms with van der Waals surface area (Å²) in [6, 6.07) is 11.6. The normalized spacial score (nSPS) is 11.3. The molecule has 25 heavy (non-hydrogen) atoms. The lowest BCUT2D eigenvalue weighted by Crippen LogP contribution is -2.11. The van der Waals surface area contributed by atoms with E-state index >= 15 is 0 Å². The zero-order valence-corrected chi connectivity index (χ0v) is 15.2. The smallest absolute Gasteiger partial charge is 0.273 e. The Morgan fingerprint density at radius 2 is 1.92 bits per heavy atom. The Morgan fingerprint density at radius 3 is 2.56 bits per heavy atom. The Bertz CT molecular complexity index is 1010. The number of nitrogens with zero attached hydrogens (tertiary/aromatic N) is 1. The van der Waals surface area contributed by atoms with Crippen LogP contribution >= 0.6 is 22.9 Å². The van der Waals surface area contributed by atoms with E-state index in [1.54, 1.807) is 31.2 Å². The molecule has 0 radical (unpaired) electrons. The number of rotatable bonds is 5. The molecule has 10 heteroatoms. The van der Waals surface area contributed by atoms with Gasteiger partial charge < -0.3 is 9.84 Å². The van der Waals surface area contributed by atoms with Gasteiger partial charge in [0.25, 0.3) is 21.8 Å². The van der Waals surface area contributed by atoms with E-state index in [4.69, 9.17) is 16.1 Å². The van der Waals surface area contributed by atoms with Crippen LogP contribution in [0, 0.1) is 6.92 Å². The quantitative estimate of drug-likeness (QED) is 0.682. The average molecular weight is 398 g/mol. The molecule has 1 amide bonds. The number of anilines is 2. The summed E-state index contributed by atoms with van der Waals surface area (Å²) in [6.45, 7) is 1.58. The third kappa shape index (κ3) is 3.84. The molecule has 1 aromatic carbocycles. The number of sulfonamides is 1. The summed E-state index contributed by atoms with van der Waals surface area (Å²) >= 11 is 6.74. The molecule has 0 saturated carbocycles. The number of benzene rings is 1. The average Bonchev–Trinajstić information content (AvgIpc) is 3.19. The van der Waals surface area contributed by atoms with Gasteiger partial charge in [-0.3, -0.25) is 4.79 Å². The lowest BCUT2D eigenvalue weighted by atomic mass is 10.3. The Hall–Kier alpha value is -2.36. The fourth-order valence-electron chi connectivity index (χ4n) is 1.90. The molecule has 0 aliphatic heterocycles. The summed E-state index contributed by atoms with van der Waals surface area (Å²) in [5.74, 6) is -0.561. The molecule has 2 heterocycles. The Morgan fingerprint density at radius 1 is 1.20 bits per heavy atom. The number of carbonyl (C=O) groups excluding carboxylic acids is 1. The number of hydrogen-bond acceptors (Lipinski definition) is 6. The van der Waals surface area contributed by atoms with Gasteiger partial charge in [-0.25, -0.2) is 13.1 Å². The molecule has 2 N–H and O–H groups in total. The van der Waals surface area contributed by atoms with Crippen molar-refractivity contribution in [3.05, 3.63) is 58.1 Å². The summed E-state index contributed by atoms with van der Waals surface area (Å²) in [4.78, 5) is 12.5. The van der Waals surface area contributed by atoms with Crippen molar-refractivity contribution >= 4 is 50.4 Å². The summed E-state index contributed by atoms with van der Waals surface area (Å²) in [6.07, 6.45) is 0. The van der Waals surface area contributed by atoms with Crippen LogP contribution in [-0.4, -0.2) is 19.5 Å². The van der Waals surface area contributed by atoms with Crippen LogP contribution in [0.1, 0.15) is 15.4 Å². The molecule has 0 unspecified atom stereocenters. The van der Waals surface area contributed by atoms with E-state index < -0.39 is 15.9 Å². The number of carbonyl (C=O) groups is 1. The van der Waals surface area contributed by atoms with Crippen LogP contribution in [0.15, 0.2) is 51.2 Å². The van der Waals surface area contributed by atoms with Crippen LogP contribution in [0.4, 0.5) is 11.6 Å². The van der Waals surface area contributed by atoms with Gasteiger partial charge in [-0.15, -0.1) is 11.3 Å². The summed E-state index contributed by atoms with van der Waals surface area (Å²) in [7, 11) is -3.94. The molecule has 2 aromatic heterocycles. The lowest BCUT2D eigenvalue weighted by molar-refractivity contribution is 0.103. The lowest BCUT2D eigenvalue weighted by Gasteiger charge is -2.03. The van der Waals surface area contributed by atoms with Gasteiger partial charge in [0, 0.05) is 5.69 Å². The van der Waals surface area contributed by atoms with Crippen LogP contribution in [0.5, 0.6) is 0 Å². The number of thiophene rings is 1. The van der Waals surface area contributed by atoms with Gasteiger partial charge in [-0.05, 0) is 31.2 Å². The number of hydrogen-bond donors (Lipinski definition) is 2. The zero-order valence-electron chi connectivity index (χ0n) is 12.8. The molecule has 0 fully saturated rings. The summed E-state index contributed by atoms with van der Waals surface area (Å²) in [5, 5.41) is 6.36. The molecule has 0 spiro atoms. The van der Waals surface area contributed by atoms with Crippen LogP contribution in [0.2, 0.25) is 5.02 Å². The highest BCUT2D eigenvalue weighted by Gasteiger charge is 2.23. The summed E-state index contributed by atoms with van der Waals surface area (Å²) < 4.78 is 31.8. The molecule has 0 atom stereocenters. The highest BCUT2D eigenvalue weighted by atomic mass is 35.5. The Labute approximate surface area is 152 Å². The van der Waals surface area contributed by atoms with Crippen molar-refractivity contribution in [2.75, 3.05) is 10.0 Å².